The van der Waals surface area contributed by atoms with Crippen LogP contribution in [0.2, 0.25) is 0 Å². The number of anilines is 1. The summed E-state index contributed by atoms with van der Waals surface area (Å²) in [6, 6.07) is 5.61. The van der Waals surface area contributed by atoms with Crippen LogP contribution in [0.5, 0.6) is 0 Å². The van der Waals surface area contributed by atoms with Crippen LogP contribution in [0.15, 0.2) is 18.2 Å². The van der Waals surface area contributed by atoms with Gasteiger partial charge in [-0.3, -0.25) is 14.9 Å². The van der Waals surface area contributed by atoms with E-state index in [-0.39, 0.29) is 22.9 Å². The predicted molar refractivity (Wildman–Crippen MR) is 98.3 cm³/mol. The molecule has 1 aliphatic rings. The van der Waals surface area contributed by atoms with Crippen LogP contribution in [0, 0.1) is 10.1 Å². The molecule has 1 N–H and O–H groups in total. The van der Waals surface area contributed by atoms with E-state index in [2.05, 4.69) is 4.90 Å². The van der Waals surface area contributed by atoms with Crippen LogP contribution in [0.3, 0.4) is 0 Å². The summed E-state index contributed by atoms with van der Waals surface area (Å²) >= 11 is 0. The Kier molecular flexibility index (Phi) is 6.79. The second-order valence-corrected chi connectivity index (χ2v) is 6.79. The predicted octanol–water partition coefficient (Wildman–Crippen LogP) is 4.72. The van der Waals surface area contributed by atoms with Crippen LogP contribution in [-0.4, -0.2) is 28.6 Å². The van der Waals surface area contributed by atoms with Crippen molar-refractivity contribution in [3.8, 4) is 0 Å². The molecule has 0 spiro atoms. The summed E-state index contributed by atoms with van der Waals surface area (Å²) < 4.78 is 0. The summed E-state index contributed by atoms with van der Waals surface area (Å²) in [5.41, 5.74) is 1.49. The van der Waals surface area contributed by atoms with Crippen molar-refractivity contribution in [2.24, 2.45) is 0 Å². The zero-order valence-electron chi connectivity index (χ0n) is 15.1. The molecule has 0 bridgehead atoms. The van der Waals surface area contributed by atoms with Crippen molar-refractivity contribution in [1.29, 1.82) is 0 Å². The molecular weight excluding hydrogens is 320 g/mol. The fourth-order valence-electron chi connectivity index (χ4n) is 3.91. The molecule has 1 aromatic carbocycles. The zero-order valence-corrected chi connectivity index (χ0v) is 15.1. The summed E-state index contributed by atoms with van der Waals surface area (Å²) in [6.07, 6.45) is 6.36. The molecule has 1 atom stereocenters. The lowest BCUT2D eigenvalue weighted by atomic mass is 9.91. The number of hydrogen-bond acceptors (Lipinski definition) is 4. The van der Waals surface area contributed by atoms with Gasteiger partial charge in [-0.05, 0) is 43.7 Å². The SMILES string of the molecule is CC[C@@H](CC(=O)O)c1ccc(N(CC)C2CCCCC2)c([N+](=O)[O-])c1. The molecule has 0 radical (unpaired) electrons. The van der Waals surface area contributed by atoms with Crippen molar-refractivity contribution in [2.75, 3.05) is 11.4 Å². The monoisotopic (exact) mass is 348 g/mol. The third-order valence-corrected chi connectivity index (χ3v) is 5.25. The maximum Gasteiger partial charge on any atom is 0.303 e. The lowest BCUT2D eigenvalue weighted by molar-refractivity contribution is -0.384. The minimum absolute atomic E-state index is 0.00683. The smallest absolute Gasteiger partial charge is 0.303 e. The molecule has 1 saturated carbocycles. The van der Waals surface area contributed by atoms with Gasteiger partial charge in [0.05, 0.1) is 11.3 Å². The van der Waals surface area contributed by atoms with Crippen LogP contribution in [0.4, 0.5) is 11.4 Å². The van der Waals surface area contributed by atoms with Crippen molar-refractivity contribution < 1.29 is 14.8 Å². The Morgan fingerprint density at radius 1 is 1.32 bits per heavy atom. The van der Waals surface area contributed by atoms with E-state index in [1.807, 2.05) is 26.0 Å². The van der Waals surface area contributed by atoms with E-state index in [0.29, 0.717) is 18.2 Å². The lowest BCUT2D eigenvalue weighted by Gasteiger charge is -2.35. The summed E-state index contributed by atoms with van der Waals surface area (Å²) in [5.74, 6) is -1.08. The van der Waals surface area contributed by atoms with Gasteiger partial charge in [0.15, 0.2) is 0 Å². The Labute approximate surface area is 149 Å². The van der Waals surface area contributed by atoms with Gasteiger partial charge >= 0.3 is 5.97 Å². The Morgan fingerprint density at radius 2 is 2.00 bits per heavy atom. The lowest BCUT2D eigenvalue weighted by Crippen LogP contribution is -2.37. The van der Waals surface area contributed by atoms with Crippen LogP contribution in [0.25, 0.3) is 0 Å². The zero-order chi connectivity index (χ0) is 18.4. The highest BCUT2D eigenvalue weighted by Gasteiger charge is 2.27. The molecular formula is C19H28N2O4. The second-order valence-electron chi connectivity index (χ2n) is 6.79. The second kappa shape index (κ2) is 8.83. The quantitative estimate of drug-likeness (QED) is 0.543. The number of nitro benzene ring substituents is 1. The van der Waals surface area contributed by atoms with Gasteiger partial charge in [-0.15, -0.1) is 0 Å². The Morgan fingerprint density at radius 3 is 2.52 bits per heavy atom. The molecule has 25 heavy (non-hydrogen) atoms. The first kappa shape index (κ1) is 19.2. The van der Waals surface area contributed by atoms with Crippen LogP contribution in [0.1, 0.15) is 70.3 Å². The standard InChI is InChI=1S/C19H28N2O4/c1-3-14(13-19(22)23)15-10-11-17(18(12-15)21(24)25)20(4-2)16-8-6-5-7-9-16/h10-12,14,16H,3-9,13H2,1-2H3,(H,22,23)/t14-/m0/s1. The van der Waals surface area contributed by atoms with Gasteiger partial charge < -0.3 is 10.0 Å². The number of carbonyl (C=O) groups is 1. The van der Waals surface area contributed by atoms with Crippen molar-refractivity contribution >= 4 is 17.3 Å². The highest BCUT2D eigenvalue weighted by atomic mass is 16.6. The van der Waals surface area contributed by atoms with E-state index in [1.54, 1.807) is 6.07 Å². The number of carboxylic acids is 1. The number of carboxylic acid groups (broad SMARTS) is 1. The number of benzene rings is 1. The normalized spacial score (nSPS) is 16.4. The average Bonchev–Trinajstić information content (AvgIpc) is 2.61. The first-order chi connectivity index (χ1) is 12.0. The van der Waals surface area contributed by atoms with Gasteiger partial charge in [0.2, 0.25) is 0 Å². The third-order valence-electron chi connectivity index (χ3n) is 5.25. The van der Waals surface area contributed by atoms with Crippen LogP contribution in [-0.2, 0) is 4.79 Å². The van der Waals surface area contributed by atoms with Crippen molar-refractivity contribution in [1.82, 2.24) is 0 Å². The maximum absolute atomic E-state index is 11.7. The highest BCUT2D eigenvalue weighted by Crippen LogP contribution is 2.36. The van der Waals surface area contributed by atoms with Crippen molar-refractivity contribution in [3.05, 3.63) is 33.9 Å². The number of hydrogen-bond donors (Lipinski definition) is 1. The van der Waals surface area contributed by atoms with E-state index in [9.17, 15) is 14.9 Å². The van der Waals surface area contributed by atoms with E-state index < -0.39 is 5.97 Å². The van der Waals surface area contributed by atoms with Crippen molar-refractivity contribution in [2.45, 2.75) is 70.8 Å². The van der Waals surface area contributed by atoms with E-state index in [4.69, 9.17) is 5.11 Å². The molecule has 0 unspecified atom stereocenters. The topological polar surface area (TPSA) is 83.7 Å². The maximum atomic E-state index is 11.7. The summed E-state index contributed by atoms with van der Waals surface area (Å²) in [7, 11) is 0. The molecule has 0 heterocycles. The first-order valence-electron chi connectivity index (χ1n) is 9.24. The summed E-state index contributed by atoms with van der Waals surface area (Å²) in [6.45, 7) is 4.68. The van der Waals surface area contributed by atoms with E-state index in [0.717, 1.165) is 24.9 Å². The Bertz CT molecular complexity index is 611. The van der Waals surface area contributed by atoms with Gasteiger partial charge in [0.25, 0.3) is 5.69 Å². The molecule has 0 saturated heterocycles. The third kappa shape index (κ3) is 4.71. The molecule has 0 amide bonds. The molecule has 0 aromatic heterocycles. The fourth-order valence-corrected chi connectivity index (χ4v) is 3.91. The molecule has 0 aliphatic heterocycles. The largest absolute Gasteiger partial charge is 0.481 e. The minimum Gasteiger partial charge on any atom is -0.481 e. The summed E-state index contributed by atoms with van der Waals surface area (Å²) in [5, 5.41) is 20.7. The van der Waals surface area contributed by atoms with Gasteiger partial charge in [-0.25, -0.2) is 0 Å². The highest BCUT2D eigenvalue weighted by molar-refractivity contribution is 5.69. The minimum atomic E-state index is -0.879. The average molecular weight is 348 g/mol. The number of aliphatic carboxylic acids is 1. The van der Waals surface area contributed by atoms with Gasteiger partial charge in [0.1, 0.15) is 5.69 Å². The number of nitro groups is 1. The molecule has 6 nitrogen and oxygen atoms in total. The molecule has 6 heteroatoms. The number of rotatable bonds is 8. The first-order valence-corrected chi connectivity index (χ1v) is 9.24. The molecule has 1 fully saturated rings. The van der Waals surface area contributed by atoms with Gasteiger partial charge in [-0.1, -0.05) is 32.3 Å². The molecule has 1 aliphatic carbocycles. The Balaban J connectivity index is 2.37. The molecule has 138 valence electrons. The number of nitrogens with zero attached hydrogens (tertiary/aromatic N) is 2. The Hall–Kier alpha value is -2.11. The summed E-state index contributed by atoms with van der Waals surface area (Å²) in [4.78, 5) is 24.5. The van der Waals surface area contributed by atoms with E-state index >= 15 is 0 Å². The van der Waals surface area contributed by atoms with Crippen molar-refractivity contribution in [3.63, 3.8) is 0 Å². The van der Waals surface area contributed by atoms with Gasteiger partial charge in [-0.2, -0.15) is 0 Å². The fraction of sp³-hybridized carbons (Fsp3) is 0.632. The molecule has 1 aromatic rings. The van der Waals surface area contributed by atoms with E-state index in [1.165, 1.54) is 19.3 Å². The van der Waals surface area contributed by atoms with Crippen LogP contribution >= 0.6 is 0 Å². The molecule has 2 rings (SSSR count). The van der Waals surface area contributed by atoms with Crippen LogP contribution < -0.4 is 4.90 Å². The van der Waals surface area contributed by atoms with Gasteiger partial charge in [0, 0.05) is 18.7 Å².